The number of rotatable bonds is 5. The predicted octanol–water partition coefficient (Wildman–Crippen LogP) is 4.23. The third-order valence-electron chi connectivity index (χ3n) is 6.06. The van der Waals surface area contributed by atoms with Gasteiger partial charge in [-0.15, -0.1) is 5.10 Å². The number of para-hydroxylation sites is 1. The fourth-order valence-corrected chi connectivity index (χ4v) is 4.38. The topological polar surface area (TPSA) is 54.3 Å². The van der Waals surface area contributed by atoms with E-state index in [1.807, 2.05) is 58.1 Å². The molecule has 1 saturated heterocycles. The Hall–Kier alpha value is -3.29. The summed E-state index contributed by atoms with van der Waals surface area (Å²) in [5.74, 6) is -0.281. The molecule has 0 aliphatic carbocycles. The first-order chi connectivity index (χ1) is 16.1. The van der Waals surface area contributed by atoms with Crippen molar-refractivity contribution >= 4 is 28.5 Å². The van der Waals surface area contributed by atoms with Crippen LogP contribution in [0.15, 0.2) is 66.7 Å². The fourth-order valence-electron chi connectivity index (χ4n) is 4.16. The van der Waals surface area contributed by atoms with Gasteiger partial charge in [-0.25, -0.2) is 9.07 Å². The second kappa shape index (κ2) is 9.29. The Labute approximate surface area is 196 Å². The van der Waals surface area contributed by atoms with Crippen LogP contribution in [0.4, 0.5) is 4.39 Å². The van der Waals surface area contributed by atoms with E-state index in [1.165, 1.54) is 6.07 Å². The first-order valence-corrected chi connectivity index (χ1v) is 11.3. The van der Waals surface area contributed by atoms with Gasteiger partial charge in [0, 0.05) is 48.9 Å². The molecule has 1 amide bonds. The Kier molecular flexibility index (Phi) is 6.07. The van der Waals surface area contributed by atoms with Gasteiger partial charge in [-0.1, -0.05) is 47.1 Å². The molecule has 5 rings (SSSR count). The summed E-state index contributed by atoms with van der Waals surface area (Å²) in [4.78, 5) is 16.9. The van der Waals surface area contributed by atoms with Crippen molar-refractivity contribution in [1.29, 1.82) is 0 Å². The minimum Gasteiger partial charge on any atom is -0.336 e. The summed E-state index contributed by atoms with van der Waals surface area (Å²) in [6.45, 7) is 3.57. The normalized spacial score (nSPS) is 14.7. The first-order valence-electron chi connectivity index (χ1n) is 10.9. The first kappa shape index (κ1) is 21.6. The Bertz CT molecular complexity index is 1260. The molecule has 1 aliphatic heterocycles. The van der Waals surface area contributed by atoms with Crippen LogP contribution in [0.25, 0.3) is 11.0 Å². The van der Waals surface area contributed by atoms with Crippen LogP contribution in [0.1, 0.15) is 21.5 Å². The van der Waals surface area contributed by atoms with Crippen molar-refractivity contribution in [3.8, 4) is 0 Å². The summed E-state index contributed by atoms with van der Waals surface area (Å²) in [6.07, 6.45) is 0. The van der Waals surface area contributed by atoms with Crippen LogP contribution in [0.2, 0.25) is 5.02 Å². The number of carbonyl (C=O) groups is 1. The number of nitrogens with zero attached hydrogens (tertiary/aromatic N) is 5. The Morgan fingerprint density at radius 1 is 0.909 bits per heavy atom. The van der Waals surface area contributed by atoms with Gasteiger partial charge < -0.3 is 4.90 Å². The summed E-state index contributed by atoms with van der Waals surface area (Å²) >= 11 is 6.15. The standard InChI is InChI=1S/C25H23ClFN5O/c26-21-4-3-5-22(27)20(21)17-30-12-14-31(15-13-30)25(33)19-10-8-18(9-11-19)16-32-24-7-2-1-6-23(24)28-29-32/h1-11H,12-17H2. The molecule has 1 fully saturated rings. The van der Waals surface area contributed by atoms with Crippen molar-refractivity contribution in [1.82, 2.24) is 24.8 Å². The summed E-state index contributed by atoms with van der Waals surface area (Å²) in [6, 6.07) is 20.2. The maximum Gasteiger partial charge on any atom is 0.253 e. The minimum atomic E-state index is -0.292. The SMILES string of the molecule is O=C(c1ccc(Cn2nnc3ccccc32)cc1)N1CCN(Cc2c(F)cccc2Cl)CC1. The molecule has 0 radical (unpaired) electrons. The van der Waals surface area contributed by atoms with E-state index in [9.17, 15) is 9.18 Å². The van der Waals surface area contributed by atoms with Gasteiger partial charge in [-0.2, -0.15) is 0 Å². The van der Waals surface area contributed by atoms with Gasteiger partial charge in [0.05, 0.1) is 12.1 Å². The van der Waals surface area contributed by atoms with Crippen LogP contribution >= 0.6 is 11.6 Å². The largest absolute Gasteiger partial charge is 0.336 e. The Morgan fingerprint density at radius 2 is 1.67 bits per heavy atom. The van der Waals surface area contributed by atoms with E-state index in [0.29, 0.717) is 55.4 Å². The van der Waals surface area contributed by atoms with Crippen molar-refractivity contribution in [2.75, 3.05) is 26.2 Å². The molecule has 4 aromatic rings. The second-order valence-corrected chi connectivity index (χ2v) is 8.61. The van der Waals surface area contributed by atoms with Gasteiger partial charge in [0.2, 0.25) is 0 Å². The van der Waals surface area contributed by atoms with Crippen molar-refractivity contribution in [2.45, 2.75) is 13.1 Å². The number of amides is 1. The van der Waals surface area contributed by atoms with Gasteiger partial charge in [0.25, 0.3) is 5.91 Å². The number of aromatic nitrogens is 3. The zero-order valence-electron chi connectivity index (χ0n) is 18.0. The van der Waals surface area contributed by atoms with Crippen LogP contribution in [0.3, 0.4) is 0 Å². The highest BCUT2D eigenvalue weighted by Crippen LogP contribution is 2.22. The van der Waals surface area contributed by atoms with Crippen LogP contribution < -0.4 is 0 Å². The molecule has 1 aromatic heterocycles. The molecular weight excluding hydrogens is 441 g/mol. The number of fused-ring (bicyclic) bond motifs is 1. The number of benzene rings is 3. The number of piperazine rings is 1. The molecule has 3 aromatic carbocycles. The highest BCUT2D eigenvalue weighted by Gasteiger charge is 2.23. The fraction of sp³-hybridized carbons (Fsp3) is 0.240. The van der Waals surface area contributed by atoms with Crippen molar-refractivity contribution in [3.63, 3.8) is 0 Å². The van der Waals surface area contributed by atoms with E-state index in [-0.39, 0.29) is 11.7 Å². The van der Waals surface area contributed by atoms with E-state index in [1.54, 1.807) is 12.1 Å². The molecule has 0 spiro atoms. The summed E-state index contributed by atoms with van der Waals surface area (Å²) < 4.78 is 15.9. The summed E-state index contributed by atoms with van der Waals surface area (Å²) in [7, 11) is 0. The number of hydrogen-bond donors (Lipinski definition) is 0. The molecule has 8 heteroatoms. The Morgan fingerprint density at radius 3 is 2.42 bits per heavy atom. The highest BCUT2D eigenvalue weighted by atomic mass is 35.5. The number of halogens is 2. The maximum absolute atomic E-state index is 14.1. The van der Waals surface area contributed by atoms with E-state index in [4.69, 9.17) is 11.6 Å². The average molecular weight is 464 g/mol. The molecule has 168 valence electrons. The van der Waals surface area contributed by atoms with Crippen LogP contribution in [-0.2, 0) is 13.1 Å². The molecular formula is C25H23ClFN5O. The highest BCUT2D eigenvalue weighted by molar-refractivity contribution is 6.31. The predicted molar refractivity (Wildman–Crippen MR) is 126 cm³/mol. The van der Waals surface area contributed by atoms with Gasteiger partial charge >= 0.3 is 0 Å². The van der Waals surface area contributed by atoms with Crippen molar-refractivity contribution in [3.05, 3.63) is 94.3 Å². The minimum absolute atomic E-state index is 0.0105. The van der Waals surface area contributed by atoms with Gasteiger partial charge in [0.1, 0.15) is 11.3 Å². The molecule has 0 N–H and O–H groups in total. The molecule has 0 bridgehead atoms. The summed E-state index contributed by atoms with van der Waals surface area (Å²) in [5.41, 5.74) is 4.06. The number of hydrogen-bond acceptors (Lipinski definition) is 4. The molecule has 0 atom stereocenters. The zero-order chi connectivity index (χ0) is 22.8. The van der Waals surface area contributed by atoms with Gasteiger partial charge in [0.15, 0.2) is 0 Å². The molecule has 1 aliphatic rings. The van der Waals surface area contributed by atoms with Crippen LogP contribution in [0.5, 0.6) is 0 Å². The molecule has 2 heterocycles. The van der Waals surface area contributed by atoms with Gasteiger partial charge in [-0.05, 0) is 42.0 Å². The lowest BCUT2D eigenvalue weighted by atomic mass is 10.1. The van der Waals surface area contributed by atoms with Crippen molar-refractivity contribution in [2.24, 2.45) is 0 Å². The molecule has 0 saturated carbocycles. The Balaban J connectivity index is 1.19. The molecule has 6 nitrogen and oxygen atoms in total. The van der Waals surface area contributed by atoms with Crippen molar-refractivity contribution < 1.29 is 9.18 Å². The van der Waals surface area contributed by atoms with Gasteiger partial charge in [-0.3, -0.25) is 9.69 Å². The smallest absolute Gasteiger partial charge is 0.253 e. The zero-order valence-corrected chi connectivity index (χ0v) is 18.7. The maximum atomic E-state index is 14.1. The van der Waals surface area contributed by atoms with Crippen LogP contribution in [0, 0.1) is 5.82 Å². The molecule has 33 heavy (non-hydrogen) atoms. The third kappa shape index (κ3) is 4.60. The quantitative estimate of drug-likeness (QED) is 0.444. The lowest BCUT2D eigenvalue weighted by molar-refractivity contribution is 0.0627. The van der Waals surface area contributed by atoms with E-state index in [0.717, 1.165) is 16.6 Å². The monoisotopic (exact) mass is 463 g/mol. The van der Waals surface area contributed by atoms with Crippen LogP contribution in [-0.4, -0.2) is 56.9 Å². The summed E-state index contributed by atoms with van der Waals surface area (Å²) in [5, 5.41) is 8.85. The third-order valence-corrected chi connectivity index (χ3v) is 6.41. The molecule has 0 unspecified atom stereocenters. The van der Waals surface area contributed by atoms with E-state index < -0.39 is 0 Å². The lowest BCUT2D eigenvalue weighted by Crippen LogP contribution is -2.48. The lowest BCUT2D eigenvalue weighted by Gasteiger charge is -2.35. The second-order valence-electron chi connectivity index (χ2n) is 8.20. The average Bonchev–Trinajstić information content (AvgIpc) is 3.25. The van der Waals surface area contributed by atoms with E-state index >= 15 is 0 Å². The number of carbonyl (C=O) groups excluding carboxylic acids is 1. The van der Waals surface area contributed by atoms with E-state index in [2.05, 4.69) is 15.2 Å².